The molecule has 28 heavy (non-hydrogen) atoms. The molecule has 0 aliphatic carbocycles. The molecular formula is C21H20N2O4S. The maximum atomic E-state index is 12.5. The smallest absolute Gasteiger partial charge is 0.255 e. The molecule has 0 aliphatic heterocycles. The standard InChI is InChI=1S/C21H20N2O4S/c24-20-12-11-18(28(26,27)23-15-17-9-5-2-6-10-17)13-19(20)21(25)22-14-16-7-3-1-4-8-16/h1-13,23-24H,14-15H2,(H,22,25). The molecule has 3 rings (SSSR count). The van der Waals surface area contributed by atoms with Crippen molar-refractivity contribution in [2.24, 2.45) is 0 Å². The van der Waals surface area contributed by atoms with Gasteiger partial charge in [0.05, 0.1) is 10.5 Å². The number of rotatable bonds is 7. The molecule has 3 aromatic carbocycles. The number of sulfonamides is 1. The SMILES string of the molecule is O=C(NCc1ccccc1)c1cc(S(=O)(=O)NCc2ccccc2)ccc1O. The zero-order valence-corrected chi connectivity index (χ0v) is 15.8. The lowest BCUT2D eigenvalue weighted by atomic mass is 10.1. The molecule has 0 aromatic heterocycles. The van der Waals surface area contributed by atoms with Crippen molar-refractivity contribution in [3.63, 3.8) is 0 Å². The average molecular weight is 396 g/mol. The molecule has 3 aromatic rings. The highest BCUT2D eigenvalue weighted by Gasteiger charge is 2.19. The third kappa shape index (κ3) is 4.97. The molecule has 0 aliphatic rings. The predicted octanol–water partition coefficient (Wildman–Crippen LogP) is 2.80. The molecule has 0 radical (unpaired) electrons. The van der Waals surface area contributed by atoms with Crippen LogP contribution < -0.4 is 10.0 Å². The number of nitrogens with one attached hydrogen (secondary N) is 2. The van der Waals surface area contributed by atoms with Crippen LogP contribution in [0.4, 0.5) is 0 Å². The summed E-state index contributed by atoms with van der Waals surface area (Å²) in [4.78, 5) is 12.3. The minimum atomic E-state index is -3.84. The van der Waals surface area contributed by atoms with Gasteiger partial charge in [-0.25, -0.2) is 13.1 Å². The Morgan fingerprint density at radius 2 is 1.39 bits per heavy atom. The van der Waals surface area contributed by atoms with Crippen LogP contribution in [0.2, 0.25) is 0 Å². The minimum absolute atomic E-state index is 0.0916. The lowest BCUT2D eigenvalue weighted by Crippen LogP contribution is -2.25. The Bertz CT molecular complexity index is 1050. The highest BCUT2D eigenvalue weighted by Crippen LogP contribution is 2.21. The third-order valence-corrected chi connectivity index (χ3v) is 5.53. The van der Waals surface area contributed by atoms with Gasteiger partial charge < -0.3 is 10.4 Å². The van der Waals surface area contributed by atoms with Gasteiger partial charge in [0.25, 0.3) is 5.91 Å². The molecule has 0 heterocycles. The first-order chi connectivity index (χ1) is 13.5. The number of benzene rings is 3. The summed E-state index contributed by atoms with van der Waals surface area (Å²) in [6, 6.07) is 22.0. The van der Waals surface area contributed by atoms with E-state index in [2.05, 4.69) is 10.0 Å². The second-order valence-corrected chi connectivity index (χ2v) is 7.92. The summed E-state index contributed by atoms with van der Waals surface area (Å²) in [5.41, 5.74) is 1.60. The van der Waals surface area contributed by atoms with Gasteiger partial charge in [0.1, 0.15) is 5.75 Å². The van der Waals surface area contributed by atoms with Crippen LogP contribution >= 0.6 is 0 Å². The van der Waals surface area contributed by atoms with Crippen molar-refractivity contribution >= 4 is 15.9 Å². The third-order valence-electron chi connectivity index (χ3n) is 4.13. The summed E-state index contributed by atoms with van der Waals surface area (Å²) in [5.74, 6) is -0.839. The van der Waals surface area contributed by atoms with Crippen LogP contribution in [-0.4, -0.2) is 19.4 Å². The number of carbonyl (C=O) groups excluding carboxylic acids is 1. The Balaban J connectivity index is 1.73. The van der Waals surface area contributed by atoms with E-state index in [4.69, 9.17) is 0 Å². The predicted molar refractivity (Wildman–Crippen MR) is 106 cm³/mol. The minimum Gasteiger partial charge on any atom is -0.507 e. The fourth-order valence-corrected chi connectivity index (χ4v) is 3.64. The van der Waals surface area contributed by atoms with Gasteiger partial charge in [0.15, 0.2) is 0 Å². The molecule has 1 amide bonds. The van der Waals surface area contributed by atoms with Crippen molar-refractivity contribution in [3.8, 4) is 5.75 Å². The molecule has 144 valence electrons. The van der Waals surface area contributed by atoms with Gasteiger partial charge in [-0.05, 0) is 29.3 Å². The maximum absolute atomic E-state index is 12.5. The summed E-state index contributed by atoms with van der Waals surface area (Å²) in [7, 11) is -3.84. The van der Waals surface area contributed by atoms with Crippen LogP contribution in [0.3, 0.4) is 0 Å². The Morgan fingerprint density at radius 3 is 2.00 bits per heavy atom. The van der Waals surface area contributed by atoms with Crippen molar-refractivity contribution in [2.45, 2.75) is 18.0 Å². The molecular weight excluding hydrogens is 376 g/mol. The summed E-state index contributed by atoms with van der Waals surface area (Å²) in [5, 5.41) is 12.7. The summed E-state index contributed by atoms with van der Waals surface area (Å²) in [6.45, 7) is 0.391. The second kappa shape index (κ2) is 8.69. The fraction of sp³-hybridized carbons (Fsp3) is 0.0952. The zero-order valence-electron chi connectivity index (χ0n) is 15.0. The number of hydrogen-bond acceptors (Lipinski definition) is 4. The van der Waals surface area contributed by atoms with E-state index in [0.717, 1.165) is 11.1 Å². The summed E-state index contributed by atoms with van der Waals surface area (Å²) < 4.78 is 27.6. The van der Waals surface area contributed by atoms with E-state index in [1.54, 1.807) is 0 Å². The molecule has 7 heteroatoms. The highest BCUT2D eigenvalue weighted by atomic mass is 32.2. The van der Waals surface area contributed by atoms with Crippen molar-refractivity contribution < 1.29 is 18.3 Å². The van der Waals surface area contributed by atoms with Crippen molar-refractivity contribution in [3.05, 3.63) is 95.6 Å². The summed E-state index contributed by atoms with van der Waals surface area (Å²) in [6.07, 6.45) is 0. The Hall–Kier alpha value is -3.16. The van der Waals surface area contributed by atoms with E-state index in [0.29, 0.717) is 0 Å². The van der Waals surface area contributed by atoms with Gasteiger partial charge in [-0.1, -0.05) is 60.7 Å². The van der Waals surface area contributed by atoms with Crippen LogP contribution in [0.25, 0.3) is 0 Å². The second-order valence-electron chi connectivity index (χ2n) is 6.16. The molecule has 0 unspecified atom stereocenters. The van der Waals surface area contributed by atoms with Crippen molar-refractivity contribution in [2.75, 3.05) is 0 Å². The van der Waals surface area contributed by atoms with E-state index in [1.165, 1.54) is 18.2 Å². The van der Waals surface area contributed by atoms with Crippen LogP contribution in [0.5, 0.6) is 5.75 Å². The van der Waals surface area contributed by atoms with Gasteiger partial charge in [0, 0.05) is 13.1 Å². The van der Waals surface area contributed by atoms with Crippen molar-refractivity contribution in [1.29, 1.82) is 0 Å². The lowest BCUT2D eigenvalue weighted by molar-refractivity contribution is 0.0948. The Labute approximate surface area is 163 Å². The molecule has 0 saturated carbocycles. The molecule has 0 saturated heterocycles. The quantitative estimate of drug-likeness (QED) is 0.572. The Morgan fingerprint density at radius 1 is 0.821 bits per heavy atom. The van der Waals surface area contributed by atoms with Crippen LogP contribution in [0, 0.1) is 0 Å². The lowest BCUT2D eigenvalue weighted by Gasteiger charge is -2.11. The molecule has 0 atom stereocenters. The Kier molecular flexibility index (Phi) is 6.08. The fourth-order valence-electron chi connectivity index (χ4n) is 2.60. The monoisotopic (exact) mass is 396 g/mol. The number of phenols is 1. The van der Waals surface area contributed by atoms with Crippen LogP contribution in [-0.2, 0) is 23.1 Å². The van der Waals surface area contributed by atoms with Crippen LogP contribution in [0.1, 0.15) is 21.5 Å². The number of hydrogen-bond donors (Lipinski definition) is 3. The topological polar surface area (TPSA) is 95.5 Å². The molecule has 0 fully saturated rings. The largest absolute Gasteiger partial charge is 0.507 e. The first-order valence-electron chi connectivity index (χ1n) is 8.64. The summed E-state index contributed by atoms with van der Waals surface area (Å²) >= 11 is 0. The highest BCUT2D eigenvalue weighted by molar-refractivity contribution is 7.89. The molecule has 0 spiro atoms. The molecule has 0 bridgehead atoms. The number of carbonyl (C=O) groups is 1. The van der Waals surface area contributed by atoms with Gasteiger partial charge in [-0.2, -0.15) is 0 Å². The van der Waals surface area contributed by atoms with Gasteiger partial charge in [0.2, 0.25) is 10.0 Å². The normalized spacial score (nSPS) is 11.1. The van der Waals surface area contributed by atoms with Gasteiger partial charge in [-0.3, -0.25) is 4.79 Å². The van der Waals surface area contributed by atoms with E-state index < -0.39 is 15.9 Å². The zero-order chi connectivity index (χ0) is 20.0. The number of amides is 1. The van der Waals surface area contributed by atoms with Crippen LogP contribution in [0.15, 0.2) is 83.8 Å². The first kappa shape index (κ1) is 19.6. The number of aromatic hydroxyl groups is 1. The van der Waals surface area contributed by atoms with E-state index in [1.807, 2.05) is 60.7 Å². The van der Waals surface area contributed by atoms with Gasteiger partial charge in [-0.15, -0.1) is 0 Å². The van der Waals surface area contributed by atoms with Crippen molar-refractivity contribution in [1.82, 2.24) is 10.0 Å². The maximum Gasteiger partial charge on any atom is 0.255 e. The molecule has 3 N–H and O–H groups in total. The number of phenolic OH excluding ortho intramolecular Hbond substituents is 1. The van der Waals surface area contributed by atoms with E-state index in [9.17, 15) is 18.3 Å². The van der Waals surface area contributed by atoms with E-state index in [-0.39, 0.29) is 29.3 Å². The molecule has 6 nitrogen and oxygen atoms in total. The van der Waals surface area contributed by atoms with E-state index >= 15 is 0 Å². The first-order valence-corrected chi connectivity index (χ1v) is 10.1. The average Bonchev–Trinajstić information content (AvgIpc) is 2.72. The van der Waals surface area contributed by atoms with Gasteiger partial charge >= 0.3 is 0 Å².